The first kappa shape index (κ1) is 11.0. The Bertz CT molecular complexity index is 127. The second-order valence-electron chi connectivity index (χ2n) is 4.60. The molecule has 1 aliphatic carbocycles. The van der Waals surface area contributed by atoms with E-state index >= 15 is 0 Å². The molecule has 0 radical (unpaired) electrons. The monoisotopic (exact) mass is 184 g/mol. The van der Waals surface area contributed by atoms with Crippen LogP contribution in [0.15, 0.2) is 0 Å². The number of hydrogen-bond acceptors (Lipinski definition) is 1. The van der Waals surface area contributed by atoms with Gasteiger partial charge in [0.2, 0.25) is 0 Å². The van der Waals surface area contributed by atoms with Crippen molar-refractivity contribution in [3.63, 3.8) is 0 Å². The van der Waals surface area contributed by atoms with Crippen molar-refractivity contribution in [1.29, 1.82) is 0 Å². The minimum absolute atomic E-state index is 0.205. The number of rotatable bonds is 8. The quantitative estimate of drug-likeness (QED) is 0.571. The summed E-state index contributed by atoms with van der Waals surface area (Å²) >= 11 is 0. The first-order valence-electron chi connectivity index (χ1n) is 5.99. The van der Waals surface area contributed by atoms with Crippen LogP contribution < -0.4 is 0 Å². The smallest absolute Gasteiger partial charge is 0.0650 e. The zero-order valence-electron chi connectivity index (χ0n) is 9.02. The SMILES string of the molecule is CCCCCCCCCC1(O)CC1. The summed E-state index contributed by atoms with van der Waals surface area (Å²) in [6, 6.07) is 0. The van der Waals surface area contributed by atoms with Gasteiger partial charge in [0, 0.05) is 0 Å². The fourth-order valence-corrected chi connectivity index (χ4v) is 1.81. The van der Waals surface area contributed by atoms with Crippen molar-refractivity contribution in [1.82, 2.24) is 0 Å². The van der Waals surface area contributed by atoms with Gasteiger partial charge in [0.15, 0.2) is 0 Å². The Morgan fingerprint density at radius 2 is 1.46 bits per heavy atom. The average Bonchev–Trinajstić information content (AvgIpc) is 2.83. The van der Waals surface area contributed by atoms with Crippen LogP contribution in [0.2, 0.25) is 0 Å². The molecule has 0 aliphatic heterocycles. The normalized spacial score (nSPS) is 18.9. The van der Waals surface area contributed by atoms with Crippen molar-refractivity contribution >= 4 is 0 Å². The van der Waals surface area contributed by atoms with Gasteiger partial charge in [-0.3, -0.25) is 0 Å². The molecule has 1 aliphatic rings. The maximum absolute atomic E-state index is 9.57. The summed E-state index contributed by atoms with van der Waals surface area (Å²) in [4.78, 5) is 0. The molecule has 0 spiro atoms. The van der Waals surface area contributed by atoms with Crippen LogP contribution in [0, 0.1) is 0 Å². The zero-order valence-corrected chi connectivity index (χ0v) is 9.02. The van der Waals surface area contributed by atoms with Crippen molar-refractivity contribution in [2.75, 3.05) is 0 Å². The predicted octanol–water partition coefficient (Wildman–Crippen LogP) is 3.65. The summed E-state index contributed by atoms with van der Waals surface area (Å²) in [5.74, 6) is 0. The van der Waals surface area contributed by atoms with Gasteiger partial charge in [0.05, 0.1) is 5.60 Å². The molecule has 1 fully saturated rings. The lowest BCUT2D eigenvalue weighted by molar-refractivity contribution is 0.136. The van der Waals surface area contributed by atoms with E-state index in [1.165, 1.54) is 44.9 Å². The summed E-state index contributed by atoms with van der Waals surface area (Å²) in [5.41, 5.74) is -0.205. The van der Waals surface area contributed by atoms with E-state index in [4.69, 9.17) is 0 Å². The van der Waals surface area contributed by atoms with Gasteiger partial charge < -0.3 is 5.11 Å². The fourth-order valence-electron chi connectivity index (χ4n) is 1.81. The summed E-state index contributed by atoms with van der Waals surface area (Å²) in [6.07, 6.45) is 12.6. The Hall–Kier alpha value is -0.0400. The highest BCUT2D eigenvalue weighted by atomic mass is 16.3. The van der Waals surface area contributed by atoms with Gasteiger partial charge in [-0.05, 0) is 19.3 Å². The largest absolute Gasteiger partial charge is 0.390 e. The van der Waals surface area contributed by atoms with Crippen LogP contribution in [-0.2, 0) is 0 Å². The van der Waals surface area contributed by atoms with E-state index in [1.54, 1.807) is 0 Å². The van der Waals surface area contributed by atoms with Crippen LogP contribution in [-0.4, -0.2) is 10.7 Å². The van der Waals surface area contributed by atoms with Crippen LogP contribution >= 0.6 is 0 Å². The van der Waals surface area contributed by atoms with E-state index in [0.717, 1.165) is 19.3 Å². The van der Waals surface area contributed by atoms with Crippen molar-refractivity contribution in [3.05, 3.63) is 0 Å². The van der Waals surface area contributed by atoms with Gasteiger partial charge in [-0.15, -0.1) is 0 Å². The molecule has 0 aromatic heterocycles. The van der Waals surface area contributed by atoms with Gasteiger partial charge >= 0.3 is 0 Å². The summed E-state index contributed by atoms with van der Waals surface area (Å²) in [5, 5.41) is 9.57. The van der Waals surface area contributed by atoms with Crippen LogP contribution in [0.25, 0.3) is 0 Å². The van der Waals surface area contributed by atoms with Crippen molar-refractivity contribution in [2.45, 2.75) is 76.7 Å². The highest BCUT2D eigenvalue weighted by molar-refractivity contribution is 4.92. The van der Waals surface area contributed by atoms with E-state index in [1.807, 2.05) is 0 Å². The Balaban J connectivity index is 1.74. The Morgan fingerprint density at radius 3 is 2.00 bits per heavy atom. The molecule has 0 aromatic carbocycles. The lowest BCUT2D eigenvalue weighted by atomic mass is 10.1. The molecule has 1 N–H and O–H groups in total. The average molecular weight is 184 g/mol. The van der Waals surface area contributed by atoms with Gasteiger partial charge in [-0.2, -0.15) is 0 Å². The lowest BCUT2D eigenvalue weighted by Gasteiger charge is -2.06. The third-order valence-electron chi connectivity index (χ3n) is 3.07. The van der Waals surface area contributed by atoms with E-state index < -0.39 is 0 Å². The topological polar surface area (TPSA) is 20.2 Å². The third-order valence-corrected chi connectivity index (χ3v) is 3.07. The molecular formula is C12H24O. The van der Waals surface area contributed by atoms with E-state index in [-0.39, 0.29) is 5.60 Å². The summed E-state index contributed by atoms with van der Waals surface area (Å²) < 4.78 is 0. The molecule has 1 nitrogen and oxygen atoms in total. The van der Waals surface area contributed by atoms with Gasteiger partial charge in [-0.25, -0.2) is 0 Å². The molecule has 1 saturated carbocycles. The van der Waals surface area contributed by atoms with Gasteiger partial charge in [0.25, 0.3) is 0 Å². The maximum Gasteiger partial charge on any atom is 0.0650 e. The van der Waals surface area contributed by atoms with Crippen molar-refractivity contribution in [3.8, 4) is 0 Å². The molecule has 0 bridgehead atoms. The molecule has 1 heteroatoms. The molecule has 0 amide bonds. The number of unbranched alkanes of at least 4 members (excludes halogenated alkanes) is 6. The minimum Gasteiger partial charge on any atom is -0.390 e. The molecule has 0 unspecified atom stereocenters. The molecule has 13 heavy (non-hydrogen) atoms. The Kier molecular flexibility index (Phi) is 4.79. The van der Waals surface area contributed by atoms with E-state index in [0.29, 0.717) is 0 Å². The predicted molar refractivity (Wildman–Crippen MR) is 56.8 cm³/mol. The van der Waals surface area contributed by atoms with Gasteiger partial charge in [0.1, 0.15) is 0 Å². The minimum atomic E-state index is -0.205. The molecule has 1 rings (SSSR count). The van der Waals surface area contributed by atoms with Crippen LogP contribution in [0.1, 0.15) is 71.1 Å². The molecule has 78 valence electrons. The first-order valence-corrected chi connectivity index (χ1v) is 5.99. The number of aliphatic hydroxyl groups is 1. The summed E-state index contributed by atoms with van der Waals surface area (Å²) in [7, 11) is 0. The number of hydrogen-bond donors (Lipinski definition) is 1. The van der Waals surface area contributed by atoms with Gasteiger partial charge in [-0.1, -0.05) is 51.9 Å². The standard InChI is InChI=1S/C12H24O/c1-2-3-4-5-6-7-8-9-12(13)10-11-12/h13H,2-11H2,1H3. The fraction of sp³-hybridized carbons (Fsp3) is 1.00. The van der Waals surface area contributed by atoms with Crippen LogP contribution in [0.5, 0.6) is 0 Å². The molecule has 0 atom stereocenters. The molecule has 0 aromatic rings. The first-order chi connectivity index (χ1) is 6.27. The highest BCUT2D eigenvalue weighted by Gasteiger charge is 2.38. The Labute approximate surface area is 82.5 Å². The van der Waals surface area contributed by atoms with Crippen LogP contribution in [0.4, 0.5) is 0 Å². The van der Waals surface area contributed by atoms with E-state index in [2.05, 4.69) is 6.92 Å². The third kappa shape index (κ3) is 5.30. The van der Waals surface area contributed by atoms with Crippen molar-refractivity contribution in [2.24, 2.45) is 0 Å². The Morgan fingerprint density at radius 1 is 0.923 bits per heavy atom. The van der Waals surface area contributed by atoms with E-state index in [9.17, 15) is 5.11 Å². The zero-order chi connectivity index (χ0) is 9.57. The second-order valence-corrected chi connectivity index (χ2v) is 4.60. The summed E-state index contributed by atoms with van der Waals surface area (Å²) in [6.45, 7) is 2.25. The maximum atomic E-state index is 9.57. The molecule has 0 saturated heterocycles. The van der Waals surface area contributed by atoms with Crippen molar-refractivity contribution < 1.29 is 5.11 Å². The van der Waals surface area contributed by atoms with Crippen LogP contribution in [0.3, 0.4) is 0 Å². The lowest BCUT2D eigenvalue weighted by Crippen LogP contribution is -2.05. The second kappa shape index (κ2) is 5.64. The molecule has 0 heterocycles. The molecular weight excluding hydrogens is 160 g/mol. The highest BCUT2D eigenvalue weighted by Crippen LogP contribution is 2.39.